The van der Waals surface area contributed by atoms with Crippen molar-refractivity contribution < 1.29 is 8.42 Å². The summed E-state index contributed by atoms with van der Waals surface area (Å²) in [6.45, 7) is 5.87. The lowest BCUT2D eigenvalue weighted by Crippen LogP contribution is -2.49. The minimum absolute atomic E-state index is 0.251. The SMILES string of the molecule is CCCS(=O)(=O)N1CCC(NC(=S)NCC)CC1. The maximum Gasteiger partial charge on any atom is 0.214 e. The predicted molar refractivity (Wildman–Crippen MR) is 78.1 cm³/mol. The largest absolute Gasteiger partial charge is 0.363 e. The van der Waals surface area contributed by atoms with Crippen molar-refractivity contribution in [1.29, 1.82) is 0 Å². The molecule has 0 saturated carbocycles. The molecule has 0 aromatic carbocycles. The van der Waals surface area contributed by atoms with Crippen LogP contribution < -0.4 is 10.6 Å². The molecule has 1 fully saturated rings. The third-order valence-corrected chi connectivity index (χ3v) is 5.32. The highest BCUT2D eigenvalue weighted by Crippen LogP contribution is 2.14. The third kappa shape index (κ3) is 4.70. The van der Waals surface area contributed by atoms with Gasteiger partial charge in [-0.3, -0.25) is 0 Å². The smallest absolute Gasteiger partial charge is 0.214 e. The van der Waals surface area contributed by atoms with Gasteiger partial charge in [0.2, 0.25) is 10.0 Å². The predicted octanol–water partition coefficient (Wildman–Crippen LogP) is 0.675. The fourth-order valence-electron chi connectivity index (χ4n) is 2.06. The second kappa shape index (κ2) is 7.25. The Morgan fingerprint density at radius 3 is 2.44 bits per heavy atom. The molecule has 0 radical (unpaired) electrons. The van der Waals surface area contributed by atoms with E-state index in [0.717, 1.165) is 19.4 Å². The third-order valence-electron chi connectivity index (χ3n) is 2.98. The quantitative estimate of drug-likeness (QED) is 0.730. The van der Waals surface area contributed by atoms with E-state index >= 15 is 0 Å². The molecule has 0 bridgehead atoms. The van der Waals surface area contributed by atoms with Gasteiger partial charge < -0.3 is 10.6 Å². The number of nitrogens with one attached hydrogen (secondary N) is 2. The number of hydrogen-bond acceptors (Lipinski definition) is 3. The van der Waals surface area contributed by atoms with E-state index in [4.69, 9.17) is 12.2 Å². The van der Waals surface area contributed by atoms with Crippen LogP contribution in [0.2, 0.25) is 0 Å². The molecule has 0 aliphatic carbocycles. The lowest BCUT2D eigenvalue weighted by molar-refractivity contribution is 0.307. The summed E-state index contributed by atoms with van der Waals surface area (Å²) in [4.78, 5) is 0. The molecule has 106 valence electrons. The van der Waals surface area contributed by atoms with E-state index in [0.29, 0.717) is 24.6 Å². The van der Waals surface area contributed by atoms with Gasteiger partial charge in [0, 0.05) is 25.7 Å². The summed E-state index contributed by atoms with van der Waals surface area (Å²) in [5.41, 5.74) is 0. The van der Waals surface area contributed by atoms with Crippen molar-refractivity contribution in [2.45, 2.75) is 39.2 Å². The molecule has 18 heavy (non-hydrogen) atoms. The van der Waals surface area contributed by atoms with E-state index in [-0.39, 0.29) is 11.8 Å². The summed E-state index contributed by atoms with van der Waals surface area (Å²) >= 11 is 5.12. The van der Waals surface area contributed by atoms with Gasteiger partial charge in [-0.2, -0.15) is 0 Å². The first-order valence-corrected chi connectivity index (χ1v) is 8.53. The molecule has 2 N–H and O–H groups in total. The number of thiocarbonyl (C=S) groups is 1. The summed E-state index contributed by atoms with van der Waals surface area (Å²) in [6, 6.07) is 0.282. The van der Waals surface area contributed by atoms with Gasteiger partial charge in [0.15, 0.2) is 5.11 Å². The number of nitrogens with zero attached hydrogens (tertiary/aromatic N) is 1. The first kappa shape index (κ1) is 15.7. The average Bonchev–Trinajstić information content (AvgIpc) is 2.30. The summed E-state index contributed by atoms with van der Waals surface area (Å²) in [5.74, 6) is 0.251. The zero-order chi connectivity index (χ0) is 13.6. The van der Waals surface area contributed by atoms with Gasteiger partial charge >= 0.3 is 0 Å². The van der Waals surface area contributed by atoms with Crippen LogP contribution in [0.5, 0.6) is 0 Å². The van der Waals surface area contributed by atoms with Crippen LogP contribution in [0, 0.1) is 0 Å². The van der Waals surface area contributed by atoms with E-state index in [1.54, 1.807) is 4.31 Å². The molecule has 7 heteroatoms. The molecule has 1 rings (SSSR count). The number of sulfonamides is 1. The second-order valence-corrected chi connectivity index (χ2v) is 6.99. The number of piperidine rings is 1. The molecule has 5 nitrogen and oxygen atoms in total. The first-order valence-electron chi connectivity index (χ1n) is 6.51. The van der Waals surface area contributed by atoms with Crippen LogP contribution in [-0.4, -0.2) is 49.3 Å². The van der Waals surface area contributed by atoms with Crippen LogP contribution in [0.3, 0.4) is 0 Å². The summed E-state index contributed by atoms with van der Waals surface area (Å²) in [7, 11) is -3.04. The van der Waals surface area contributed by atoms with Gasteiger partial charge in [-0.05, 0) is 38.4 Å². The lowest BCUT2D eigenvalue weighted by Gasteiger charge is -2.32. The zero-order valence-corrected chi connectivity index (χ0v) is 12.7. The van der Waals surface area contributed by atoms with Crippen molar-refractivity contribution in [2.24, 2.45) is 0 Å². The van der Waals surface area contributed by atoms with Crippen LogP contribution in [0.1, 0.15) is 33.1 Å². The molecule has 1 saturated heterocycles. The fraction of sp³-hybridized carbons (Fsp3) is 0.909. The Balaban J connectivity index is 2.39. The number of rotatable bonds is 5. The van der Waals surface area contributed by atoms with E-state index < -0.39 is 10.0 Å². The molecule has 0 aromatic heterocycles. The lowest BCUT2D eigenvalue weighted by atomic mass is 10.1. The van der Waals surface area contributed by atoms with Crippen molar-refractivity contribution in [1.82, 2.24) is 14.9 Å². The van der Waals surface area contributed by atoms with Crippen LogP contribution >= 0.6 is 12.2 Å². The average molecular weight is 293 g/mol. The topological polar surface area (TPSA) is 61.4 Å². The highest BCUT2D eigenvalue weighted by atomic mass is 32.2. The maximum absolute atomic E-state index is 11.9. The van der Waals surface area contributed by atoms with Crippen molar-refractivity contribution in [3.05, 3.63) is 0 Å². The van der Waals surface area contributed by atoms with Crippen molar-refractivity contribution in [2.75, 3.05) is 25.4 Å². The Morgan fingerprint density at radius 1 is 1.33 bits per heavy atom. The van der Waals surface area contributed by atoms with E-state index in [1.165, 1.54) is 0 Å². The van der Waals surface area contributed by atoms with E-state index in [1.807, 2.05) is 13.8 Å². The molecule has 1 aliphatic rings. The molecule has 0 unspecified atom stereocenters. The van der Waals surface area contributed by atoms with Crippen LogP contribution in [0.15, 0.2) is 0 Å². The molecular formula is C11H23N3O2S2. The van der Waals surface area contributed by atoms with E-state index in [2.05, 4.69) is 10.6 Å². The molecule has 0 aromatic rings. The summed E-state index contributed by atoms with van der Waals surface area (Å²) in [5, 5.41) is 6.93. The van der Waals surface area contributed by atoms with Gasteiger partial charge in [-0.25, -0.2) is 12.7 Å². The van der Waals surface area contributed by atoms with Crippen molar-refractivity contribution >= 4 is 27.4 Å². The molecular weight excluding hydrogens is 270 g/mol. The van der Waals surface area contributed by atoms with Crippen LogP contribution in [0.25, 0.3) is 0 Å². The monoisotopic (exact) mass is 293 g/mol. The van der Waals surface area contributed by atoms with Crippen LogP contribution in [0.4, 0.5) is 0 Å². The normalized spacial score (nSPS) is 18.6. The summed E-state index contributed by atoms with van der Waals surface area (Å²) < 4.78 is 25.4. The standard InChI is InChI=1S/C11H23N3O2S2/c1-3-9-18(15,16)14-7-5-10(6-8-14)13-11(17)12-4-2/h10H,3-9H2,1-2H3,(H2,12,13,17). The molecule has 0 spiro atoms. The Hall–Kier alpha value is -0.400. The van der Waals surface area contributed by atoms with Crippen molar-refractivity contribution in [3.8, 4) is 0 Å². The Labute approximate surface area is 115 Å². The fourth-order valence-corrected chi connectivity index (χ4v) is 3.91. The molecule has 1 heterocycles. The molecule has 0 atom stereocenters. The van der Waals surface area contributed by atoms with Gasteiger partial charge in [-0.15, -0.1) is 0 Å². The maximum atomic E-state index is 11.9. The minimum atomic E-state index is -3.04. The highest BCUT2D eigenvalue weighted by molar-refractivity contribution is 7.89. The molecule has 1 aliphatic heterocycles. The minimum Gasteiger partial charge on any atom is -0.363 e. The van der Waals surface area contributed by atoms with E-state index in [9.17, 15) is 8.42 Å². The first-order chi connectivity index (χ1) is 8.49. The number of hydrogen-bond donors (Lipinski definition) is 2. The highest BCUT2D eigenvalue weighted by Gasteiger charge is 2.27. The Morgan fingerprint density at radius 2 is 1.94 bits per heavy atom. The van der Waals surface area contributed by atoms with Crippen molar-refractivity contribution in [3.63, 3.8) is 0 Å². The zero-order valence-electron chi connectivity index (χ0n) is 11.1. The summed E-state index contributed by atoms with van der Waals surface area (Å²) in [6.07, 6.45) is 2.30. The molecule has 0 amide bonds. The van der Waals surface area contributed by atoms with Gasteiger partial charge in [-0.1, -0.05) is 6.92 Å². The van der Waals surface area contributed by atoms with Crippen LogP contribution in [-0.2, 0) is 10.0 Å². The van der Waals surface area contributed by atoms with Gasteiger partial charge in [0.05, 0.1) is 5.75 Å². The second-order valence-electron chi connectivity index (χ2n) is 4.49. The van der Waals surface area contributed by atoms with Gasteiger partial charge in [0.1, 0.15) is 0 Å². The Kier molecular flexibility index (Phi) is 6.31. The Bertz CT molecular complexity index is 362. The van der Waals surface area contributed by atoms with Gasteiger partial charge in [0.25, 0.3) is 0 Å².